The maximum absolute atomic E-state index is 9.47. The average molecular weight is 420 g/mol. The minimum absolute atomic E-state index is 0.164. The van der Waals surface area contributed by atoms with Crippen molar-refractivity contribution >= 4 is 17.2 Å². The third-order valence-corrected chi connectivity index (χ3v) is 5.74. The minimum atomic E-state index is -2.63. The molecule has 0 fully saturated rings. The Labute approximate surface area is 166 Å². The Balaban J connectivity index is 2.27. The van der Waals surface area contributed by atoms with Crippen LogP contribution in [0.4, 0.5) is 0 Å². The van der Waals surface area contributed by atoms with Crippen LogP contribution in [0, 0.1) is 5.92 Å². The second-order valence-electron chi connectivity index (χ2n) is 6.68. The molecule has 6 nitrogen and oxygen atoms in total. The van der Waals surface area contributed by atoms with Gasteiger partial charge in [-0.15, -0.1) is 0 Å². The summed E-state index contributed by atoms with van der Waals surface area (Å²) in [7, 11) is -5.25. The normalized spacial score (nSPS) is 21.4. The molecule has 0 aromatic heterocycles. The summed E-state index contributed by atoms with van der Waals surface area (Å²) >= 11 is 0. The fourth-order valence-electron chi connectivity index (χ4n) is 3.44. The van der Waals surface area contributed by atoms with Crippen LogP contribution in [-0.4, -0.2) is 19.6 Å². The predicted molar refractivity (Wildman–Crippen MR) is 111 cm³/mol. The smallest absolute Gasteiger partial charge is 0.391 e. The summed E-state index contributed by atoms with van der Waals surface area (Å²) < 4.78 is 10.6. The molecule has 0 saturated carbocycles. The van der Waals surface area contributed by atoms with Crippen molar-refractivity contribution in [3.63, 3.8) is 0 Å². The number of allylic oxidation sites excluding steroid dienone is 4. The molecule has 0 amide bonds. The maximum Gasteiger partial charge on any atom is 0.391 e. The van der Waals surface area contributed by atoms with E-state index in [1.54, 1.807) is 36.4 Å². The van der Waals surface area contributed by atoms with Gasteiger partial charge in [0.25, 0.3) is 0 Å². The van der Waals surface area contributed by atoms with E-state index in [1.807, 2.05) is 18.2 Å². The first-order valence-corrected chi connectivity index (χ1v) is 11.0. The van der Waals surface area contributed by atoms with Crippen LogP contribution in [0.1, 0.15) is 19.4 Å². The molecule has 0 aliphatic heterocycles. The largest absolute Gasteiger partial charge is 0.426 e. The average Bonchev–Trinajstić information content (AvgIpc) is 2.64. The van der Waals surface area contributed by atoms with Crippen molar-refractivity contribution in [3.8, 4) is 22.6 Å². The standard InChI is InChI=1S/C20H22O6P2/c1-14-8-5-6-13-20(14,2)16-10-7-12-18(26-28(23)24)19(16)15-9-3-4-11-17(15)25-27(21)22/h3-14,21-24H,1-2H3. The summed E-state index contributed by atoms with van der Waals surface area (Å²) in [5.74, 6) is 0.709. The lowest BCUT2D eigenvalue weighted by Crippen LogP contribution is -2.29. The Hall–Kier alpha value is -1.78. The van der Waals surface area contributed by atoms with E-state index in [4.69, 9.17) is 9.05 Å². The molecule has 148 valence electrons. The molecule has 2 aromatic rings. The van der Waals surface area contributed by atoms with Gasteiger partial charge in [-0.25, -0.2) is 0 Å². The van der Waals surface area contributed by atoms with Crippen molar-refractivity contribution in [2.75, 3.05) is 0 Å². The molecule has 0 heterocycles. The van der Waals surface area contributed by atoms with Gasteiger partial charge >= 0.3 is 17.2 Å². The highest BCUT2D eigenvalue weighted by molar-refractivity contribution is 7.40. The van der Waals surface area contributed by atoms with E-state index in [1.165, 1.54) is 0 Å². The Morgan fingerprint density at radius 3 is 2.18 bits per heavy atom. The molecule has 28 heavy (non-hydrogen) atoms. The highest BCUT2D eigenvalue weighted by Gasteiger charge is 2.34. The number of rotatable bonds is 6. The van der Waals surface area contributed by atoms with Crippen molar-refractivity contribution in [3.05, 3.63) is 72.3 Å². The fourth-order valence-corrected chi connectivity index (χ4v) is 4.10. The number of hydrogen-bond acceptors (Lipinski definition) is 6. The van der Waals surface area contributed by atoms with Crippen molar-refractivity contribution in [1.82, 2.24) is 0 Å². The van der Waals surface area contributed by atoms with Crippen LogP contribution in [0.3, 0.4) is 0 Å². The van der Waals surface area contributed by atoms with Crippen LogP contribution >= 0.6 is 17.2 Å². The molecule has 2 unspecified atom stereocenters. The summed E-state index contributed by atoms with van der Waals surface area (Å²) in [6, 6.07) is 12.3. The molecule has 3 rings (SSSR count). The van der Waals surface area contributed by atoms with Gasteiger partial charge in [-0.3, -0.25) is 0 Å². The van der Waals surface area contributed by atoms with Crippen LogP contribution in [0.2, 0.25) is 0 Å². The summed E-state index contributed by atoms with van der Waals surface area (Å²) in [5.41, 5.74) is 1.68. The van der Waals surface area contributed by atoms with Crippen LogP contribution in [0.5, 0.6) is 11.5 Å². The fraction of sp³-hybridized carbons (Fsp3) is 0.200. The van der Waals surface area contributed by atoms with E-state index in [9.17, 15) is 19.6 Å². The van der Waals surface area contributed by atoms with Crippen molar-refractivity contribution in [2.45, 2.75) is 19.3 Å². The summed E-state index contributed by atoms with van der Waals surface area (Å²) in [6.45, 7) is 4.20. The van der Waals surface area contributed by atoms with Gasteiger partial charge < -0.3 is 28.6 Å². The van der Waals surface area contributed by atoms with Gasteiger partial charge in [-0.05, 0) is 23.6 Å². The molecule has 2 aromatic carbocycles. The van der Waals surface area contributed by atoms with E-state index in [-0.39, 0.29) is 17.4 Å². The van der Waals surface area contributed by atoms with E-state index in [2.05, 4.69) is 26.0 Å². The first kappa shape index (κ1) is 20.9. The minimum Gasteiger partial charge on any atom is -0.426 e. The number of para-hydroxylation sites is 1. The second kappa shape index (κ2) is 8.71. The van der Waals surface area contributed by atoms with Crippen molar-refractivity contribution in [2.24, 2.45) is 5.92 Å². The quantitative estimate of drug-likeness (QED) is 0.512. The van der Waals surface area contributed by atoms with E-state index in [0.717, 1.165) is 5.56 Å². The van der Waals surface area contributed by atoms with Crippen molar-refractivity contribution < 1.29 is 28.6 Å². The first-order chi connectivity index (χ1) is 13.3. The van der Waals surface area contributed by atoms with Crippen LogP contribution in [-0.2, 0) is 5.41 Å². The zero-order chi connectivity index (χ0) is 20.3. The SMILES string of the molecule is CC1C=CC=CC1(C)c1cccc(OP(O)O)c1-c1ccccc1OP(O)O. The topological polar surface area (TPSA) is 99.4 Å². The predicted octanol–water partition coefficient (Wildman–Crippen LogP) is 4.55. The molecular weight excluding hydrogens is 398 g/mol. The third kappa shape index (κ3) is 4.28. The lowest BCUT2D eigenvalue weighted by Gasteiger charge is -2.36. The maximum atomic E-state index is 9.47. The van der Waals surface area contributed by atoms with Gasteiger partial charge in [-0.2, -0.15) is 0 Å². The zero-order valence-electron chi connectivity index (χ0n) is 15.4. The molecule has 0 spiro atoms. The second-order valence-corrected chi connectivity index (χ2v) is 8.05. The number of hydrogen-bond donors (Lipinski definition) is 4. The first-order valence-electron chi connectivity index (χ1n) is 8.63. The monoisotopic (exact) mass is 420 g/mol. The van der Waals surface area contributed by atoms with Gasteiger partial charge in [0.05, 0.1) is 0 Å². The van der Waals surface area contributed by atoms with Gasteiger partial charge in [-0.1, -0.05) is 68.5 Å². The summed E-state index contributed by atoms with van der Waals surface area (Å²) in [5, 5.41) is 0. The lowest BCUT2D eigenvalue weighted by molar-refractivity contribution is 0.371. The van der Waals surface area contributed by atoms with Crippen LogP contribution in [0.25, 0.3) is 11.1 Å². The number of benzene rings is 2. The molecule has 0 bridgehead atoms. The van der Waals surface area contributed by atoms with E-state index < -0.39 is 22.6 Å². The molecular formula is C20H22O6P2. The molecule has 2 atom stereocenters. The Kier molecular flexibility index (Phi) is 6.51. The third-order valence-electron chi connectivity index (χ3n) is 5.02. The Bertz CT molecular complexity index is 896. The lowest BCUT2D eigenvalue weighted by atomic mass is 9.68. The van der Waals surface area contributed by atoms with E-state index >= 15 is 0 Å². The van der Waals surface area contributed by atoms with E-state index in [0.29, 0.717) is 11.1 Å². The molecule has 0 saturated heterocycles. The zero-order valence-corrected chi connectivity index (χ0v) is 17.2. The summed E-state index contributed by atoms with van der Waals surface area (Å²) in [6.07, 6.45) is 8.17. The Morgan fingerprint density at radius 2 is 1.50 bits per heavy atom. The van der Waals surface area contributed by atoms with Gasteiger partial charge in [0.1, 0.15) is 11.5 Å². The molecule has 4 N–H and O–H groups in total. The highest BCUT2D eigenvalue weighted by atomic mass is 31.2. The van der Waals surface area contributed by atoms with Crippen molar-refractivity contribution in [1.29, 1.82) is 0 Å². The van der Waals surface area contributed by atoms with Crippen LogP contribution in [0.15, 0.2) is 66.8 Å². The van der Waals surface area contributed by atoms with Gasteiger partial charge in [0, 0.05) is 16.5 Å². The summed E-state index contributed by atoms with van der Waals surface area (Å²) in [4.78, 5) is 37.7. The molecule has 0 radical (unpaired) electrons. The molecule has 8 heteroatoms. The van der Waals surface area contributed by atoms with Crippen LogP contribution < -0.4 is 9.05 Å². The Morgan fingerprint density at radius 1 is 0.857 bits per heavy atom. The van der Waals surface area contributed by atoms with Gasteiger partial charge in [0.15, 0.2) is 0 Å². The van der Waals surface area contributed by atoms with Gasteiger partial charge in [0.2, 0.25) is 0 Å². The molecule has 1 aliphatic rings. The highest BCUT2D eigenvalue weighted by Crippen LogP contribution is 2.50. The molecule has 1 aliphatic carbocycles.